The summed E-state index contributed by atoms with van der Waals surface area (Å²) in [6, 6.07) is 7.54. The maximum Gasteiger partial charge on any atom is 0.246 e. The van der Waals surface area contributed by atoms with Gasteiger partial charge in [-0.15, -0.1) is 0 Å². The molecule has 0 aliphatic carbocycles. The second-order valence-electron chi connectivity index (χ2n) is 4.03. The average Bonchev–Trinajstić information content (AvgIpc) is 2.66. The molecule has 0 spiro atoms. The van der Waals surface area contributed by atoms with Crippen LogP contribution in [0.5, 0.6) is 0 Å². The highest BCUT2D eigenvalue weighted by atomic mass is 16.3. The maximum atomic E-state index is 11.6. The topological polar surface area (TPSA) is 46.3 Å². The van der Waals surface area contributed by atoms with Crippen molar-refractivity contribution < 1.29 is 9.21 Å². The Hall–Kier alpha value is -2.10. The fourth-order valence-corrected chi connectivity index (χ4v) is 1.75. The van der Waals surface area contributed by atoms with E-state index in [1.807, 2.05) is 24.3 Å². The van der Waals surface area contributed by atoms with Gasteiger partial charge in [0.05, 0.1) is 0 Å². The summed E-state index contributed by atoms with van der Waals surface area (Å²) >= 11 is 0. The number of benzene rings is 1. The predicted octanol–water partition coefficient (Wildman–Crippen LogP) is 2.07. The molecule has 0 atom stereocenters. The standard InChI is InChI=1S/C13H12N2O2/c16-13(15-8-3-9-15)7-6-12-14-10-4-1-2-5-11(10)17-12/h1-2,4-7H,3,8-9H2/b7-6+. The van der Waals surface area contributed by atoms with Gasteiger partial charge in [0.25, 0.3) is 0 Å². The highest BCUT2D eigenvalue weighted by molar-refractivity contribution is 5.92. The summed E-state index contributed by atoms with van der Waals surface area (Å²) in [4.78, 5) is 17.6. The Balaban J connectivity index is 1.79. The average molecular weight is 228 g/mol. The second-order valence-corrected chi connectivity index (χ2v) is 4.03. The number of hydrogen-bond acceptors (Lipinski definition) is 3. The van der Waals surface area contributed by atoms with E-state index in [4.69, 9.17) is 4.42 Å². The number of nitrogens with zero attached hydrogens (tertiary/aromatic N) is 2. The monoisotopic (exact) mass is 228 g/mol. The zero-order valence-corrected chi connectivity index (χ0v) is 9.30. The molecule has 2 aromatic rings. The van der Waals surface area contributed by atoms with E-state index in [0.29, 0.717) is 5.89 Å². The van der Waals surface area contributed by atoms with Crippen LogP contribution in [0.4, 0.5) is 0 Å². The third kappa shape index (κ3) is 1.93. The molecule has 4 heteroatoms. The first kappa shape index (κ1) is 10.1. The number of amides is 1. The van der Waals surface area contributed by atoms with Crippen LogP contribution in [0.2, 0.25) is 0 Å². The minimum atomic E-state index is 0.0264. The lowest BCUT2D eigenvalue weighted by Crippen LogP contribution is -2.40. The van der Waals surface area contributed by atoms with Crippen molar-refractivity contribution in [3.63, 3.8) is 0 Å². The van der Waals surface area contributed by atoms with E-state index in [2.05, 4.69) is 4.98 Å². The summed E-state index contributed by atoms with van der Waals surface area (Å²) in [6.07, 6.45) is 4.24. The third-order valence-electron chi connectivity index (χ3n) is 2.85. The molecule has 4 nitrogen and oxygen atoms in total. The molecule has 17 heavy (non-hydrogen) atoms. The summed E-state index contributed by atoms with van der Waals surface area (Å²) in [7, 11) is 0. The molecule has 1 amide bonds. The van der Waals surface area contributed by atoms with Crippen molar-refractivity contribution in [2.24, 2.45) is 0 Å². The van der Waals surface area contributed by atoms with Crippen molar-refractivity contribution in [1.82, 2.24) is 9.88 Å². The van der Waals surface area contributed by atoms with Crippen LogP contribution in [-0.4, -0.2) is 28.9 Å². The molecule has 86 valence electrons. The third-order valence-corrected chi connectivity index (χ3v) is 2.85. The first-order chi connectivity index (χ1) is 8.33. The molecule has 0 radical (unpaired) electrons. The van der Waals surface area contributed by atoms with Crippen molar-refractivity contribution in [1.29, 1.82) is 0 Å². The van der Waals surface area contributed by atoms with Crippen LogP contribution in [0.15, 0.2) is 34.8 Å². The smallest absolute Gasteiger partial charge is 0.246 e. The molecular weight excluding hydrogens is 216 g/mol. The van der Waals surface area contributed by atoms with E-state index in [1.165, 1.54) is 6.08 Å². The summed E-state index contributed by atoms with van der Waals surface area (Å²) in [5.41, 5.74) is 1.55. The number of rotatable bonds is 2. The summed E-state index contributed by atoms with van der Waals surface area (Å²) in [6.45, 7) is 1.72. The molecule has 1 aromatic carbocycles. The van der Waals surface area contributed by atoms with Crippen LogP contribution in [0.1, 0.15) is 12.3 Å². The Morgan fingerprint density at radius 2 is 2.18 bits per heavy atom. The number of carbonyl (C=O) groups is 1. The van der Waals surface area contributed by atoms with E-state index in [9.17, 15) is 4.79 Å². The largest absolute Gasteiger partial charge is 0.437 e. The zero-order valence-electron chi connectivity index (χ0n) is 9.30. The number of carbonyl (C=O) groups excluding carboxylic acids is 1. The first-order valence-corrected chi connectivity index (χ1v) is 5.65. The van der Waals surface area contributed by atoms with Crippen LogP contribution in [-0.2, 0) is 4.79 Å². The van der Waals surface area contributed by atoms with E-state index in [0.717, 1.165) is 30.6 Å². The van der Waals surface area contributed by atoms with Gasteiger partial charge in [0, 0.05) is 25.2 Å². The van der Waals surface area contributed by atoms with Gasteiger partial charge in [-0.05, 0) is 18.6 Å². The van der Waals surface area contributed by atoms with Crippen LogP contribution >= 0.6 is 0 Å². The molecule has 1 saturated heterocycles. The number of oxazole rings is 1. The quantitative estimate of drug-likeness (QED) is 0.739. The van der Waals surface area contributed by atoms with Gasteiger partial charge in [-0.25, -0.2) is 4.98 Å². The van der Waals surface area contributed by atoms with Gasteiger partial charge in [-0.3, -0.25) is 4.79 Å². The number of fused-ring (bicyclic) bond motifs is 1. The highest BCUT2D eigenvalue weighted by Crippen LogP contribution is 2.15. The van der Waals surface area contributed by atoms with Gasteiger partial charge in [0.1, 0.15) is 5.52 Å². The number of aromatic nitrogens is 1. The van der Waals surface area contributed by atoms with Gasteiger partial charge >= 0.3 is 0 Å². The lowest BCUT2D eigenvalue weighted by molar-refractivity contribution is -0.129. The molecular formula is C13H12N2O2. The SMILES string of the molecule is O=C(/C=C/c1nc2ccccc2o1)N1CCC1. The van der Waals surface area contributed by atoms with Crippen LogP contribution in [0, 0.1) is 0 Å². The van der Waals surface area contributed by atoms with Gasteiger partial charge in [0.2, 0.25) is 11.8 Å². The number of likely N-dealkylation sites (tertiary alicyclic amines) is 1. The Morgan fingerprint density at radius 3 is 2.88 bits per heavy atom. The molecule has 0 unspecified atom stereocenters. The van der Waals surface area contributed by atoms with Crippen LogP contribution < -0.4 is 0 Å². The van der Waals surface area contributed by atoms with Crippen LogP contribution in [0.25, 0.3) is 17.2 Å². The van der Waals surface area contributed by atoms with Crippen molar-refractivity contribution in [3.8, 4) is 0 Å². The van der Waals surface area contributed by atoms with Gasteiger partial charge in [-0.1, -0.05) is 12.1 Å². The number of para-hydroxylation sites is 2. The van der Waals surface area contributed by atoms with E-state index >= 15 is 0 Å². The van der Waals surface area contributed by atoms with Gasteiger partial charge < -0.3 is 9.32 Å². The molecule has 0 saturated carbocycles. The van der Waals surface area contributed by atoms with Gasteiger partial charge in [0.15, 0.2) is 5.58 Å². The van der Waals surface area contributed by atoms with Crippen molar-refractivity contribution in [3.05, 3.63) is 36.2 Å². The summed E-state index contributed by atoms with van der Waals surface area (Å²) in [5.74, 6) is 0.499. The lowest BCUT2D eigenvalue weighted by atomic mass is 10.2. The van der Waals surface area contributed by atoms with Crippen molar-refractivity contribution >= 4 is 23.1 Å². The fourth-order valence-electron chi connectivity index (χ4n) is 1.75. The van der Waals surface area contributed by atoms with Crippen molar-refractivity contribution in [2.45, 2.75) is 6.42 Å². The predicted molar refractivity (Wildman–Crippen MR) is 64.2 cm³/mol. The molecule has 0 bridgehead atoms. The molecule has 1 aromatic heterocycles. The summed E-state index contributed by atoms with van der Waals surface area (Å²) < 4.78 is 5.48. The second kappa shape index (κ2) is 4.05. The maximum absolute atomic E-state index is 11.6. The van der Waals surface area contributed by atoms with E-state index in [-0.39, 0.29) is 5.91 Å². The normalized spacial score (nSPS) is 15.4. The van der Waals surface area contributed by atoms with E-state index in [1.54, 1.807) is 11.0 Å². The molecule has 2 heterocycles. The Labute approximate surface area is 98.5 Å². The van der Waals surface area contributed by atoms with Gasteiger partial charge in [-0.2, -0.15) is 0 Å². The molecule has 3 rings (SSSR count). The molecule has 1 aliphatic heterocycles. The van der Waals surface area contributed by atoms with Crippen LogP contribution in [0.3, 0.4) is 0 Å². The Kier molecular flexibility index (Phi) is 2.40. The zero-order chi connectivity index (χ0) is 11.7. The summed E-state index contributed by atoms with van der Waals surface area (Å²) in [5, 5.41) is 0. The molecule has 1 aliphatic rings. The highest BCUT2D eigenvalue weighted by Gasteiger charge is 2.17. The Bertz CT molecular complexity index is 549. The minimum Gasteiger partial charge on any atom is -0.437 e. The number of hydrogen-bond donors (Lipinski definition) is 0. The first-order valence-electron chi connectivity index (χ1n) is 5.65. The molecule has 0 N–H and O–H groups in total. The van der Waals surface area contributed by atoms with E-state index < -0.39 is 0 Å². The fraction of sp³-hybridized carbons (Fsp3) is 0.231. The lowest BCUT2D eigenvalue weighted by Gasteiger charge is -2.29. The molecule has 1 fully saturated rings. The van der Waals surface area contributed by atoms with Crippen molar-refractivity contribution in [2.75, 3.05) is 13.1 Å². The Morgan fingerprint density at radius 1 is 1.35 bits per heavy atom. The minimum absolute atomic E-state index is 0.0264.